The third-order valence-corrected chi connectivity index (χ3v) is 4.24. The first-order valence-corrected chi connectivity index (χ1v) is 7.08. The van der Waals surface area contributed by atoms with Gasteiger partial charge >= 0.3 is 0 Å². The summed E-state index contributed by atoms with van der Waals surface area (Å²) in [5.41, 5.74) is 1.08. The minimum atomic E-state index is 0.538. The lowest BCUT2D eigenvalue weighted by atomic mass is 10.3. The number of pyridine rings is 1. The van der Waals surface area contributed by atoms with Crippen molar-refractivity contribution in [1.29, 1.82) is 0 Å². The van der Waals surface area contributed by atoms with Crippen LogP contribution >= 0.6 is 23.4 Å². The van der Waals surface area contributed by atoms with Gasteiger partial charge in [0.25, 0.3) is 0 Å². The Hall–Kier alpha value is -0.410. The Morgan fingerprint density at radius 3 is 2.56 bits per heavy atom. The van der Waals surface area contributed by atoms with Crippen molar-refractivity contribution >= 4 is 29.2 Å². The summed E-state index contributed by atoms with van der Waals surface area (Å²) in [5.74, 6) is 1.61. The predicted octanol–water partition coefficient (Wildman–Crippen LogP) is 3.15. The maximum Gasteiger partial charge on any atom is 0.128 e. The van der Waals surface area contributed by atoms with E-state index < -0.39 is 0 Å². The Bertz CT molecular complexity index is 331. The summed E-state index contributed by atoms with van der Waals surface area (Å²) in [7, 11) is 0. The molecule has 1 aliphatic rings. The Morgan fingerprint density at radius 1 is 1.38 bits per heavy atom. The van der Waals surface area contributed by atoms with E-state index in [1.165, 1.54) is 0 Å². The molecule has 0 N–H and O–H groups in total. The van der Waals surface area contributed by atoms with Gasteiger partial charge in [-0.1, -0.05) is 19.9 Å². The highest BCUT2D eigenvalue weighted by Gasteiger charge is 2.22. The lowest BCUT2D eigenvalue weighted by Gasteiger charge is -2.35. The molecule has 0 amide bonds. The molecule has 0 aliphatic carbocycles. The predicted molar refractivity (Wildman–Crippen MR) is 72.5 cm³/mol. The van der Waals surface area contributed by atoms with Crippen LogP contribution in [0.15, 0.2) is 18.3 Å². The third kappa shape index (κ3) is 2.83. The van der Waals surface area contributed by atoms with Gasteiger partial charge in [-0.15, -0.1) is 11.6 Å². The maximum atomic E-state index is 5.75. The second kappa shape index (κ2) is 5.28. The van der Waals surface area contributed by atoms with Crippen LogP contribution < -0.4 is 4.90 Å². The maximum absolute atomic E-state index is 5.75. The lowest BCUT2D eigenvalue weighted by molar-refractivity contribution is 0.718. The van der Waals surface area contributed by atoms with E-state index in [2.05, 4.69) is 47.6 Å². The third-order valence-electron chi connectivity index (χ3n) is 2.71. The van der Waals surface area contributed by atoms with Gasteiger partial charge in [-0.3, -0.25) is 0 Å². The molecule has 4 heteroatoms. The molecule has 2 rings (SSSR count). The molecule has 0 saturated carbocycles. The highest BCUT2D eigenvalue weighted by molar-refractivity contribution is 8.00. The molecule has 2 atom stereocenters. The van der Waals surface area contributed by atoms with Gasteiger partial charge in [-0.05, 0) is 11.6 Å². The largest absolute Gasteiger partial charge is 0.354 e. The van der Waals surface area contributed by atoms with Gasteiger partial charge in [0.05, 0.1) is 0 Å². The number of rotatable bonds is 2. The number of hydrogen-bond acceptors (Lipinski definition) is 3. The fourth-order valence-corrected chi connectivity index (χ4v) is 3.53. The molecular formula is C12H17ClN2S. The molecule has 0 radical (unpaired) electrons. The van der Waals surface area contributed by atoms with E-state index in [-0.39, 0.29) is 0 Å². The Labute approximate surface area is 106 Å². The Balaban J connectivity index is 2.10. The van der Waals surface area contributed by atoms with Gasteiger partial charge in [0, 0.05) is 35.7 Å². The highest BCUT2D eigenvalue weighted by atomic mass is 35.5. The fraction of sp³-hybridized carbons (Fsp3) is 0.583. The summed E-state index contributed by atoms with van der Waals surface area (Å²) in [5, 5.41) is 1.36. The van der Waals surface area contributed by atoms with Crippen LogP contribution in [-0.4, -0.2) is 28.6 Å². The minimum absolute atomic E-state index is 0.538. The Morgan fingerprint density at radius 2 is 2.06 bits per heavy atom. The van der Waals surface area contributed by atoms with Gasteiger partial charge in [-0.25, -0.2) is 4.98 Å². The lowest BCUT2D eigenvalue weighted by Crippen LogP contribution is -2.40. The van der Waals surface area contributed by atoms with E-state index in [0.717, 1.165) is 24.5 Å². The van der Waals surface area contributed by atoms with Gasteiger partial charge in [0.2, 0.25) is 0 Å². The number of anilines is 1. The van der Waals surface area contributed by atoms with Crippen molar-refractivity contribution in [2.45, 2.75) is 30.2 Å². The van der Waals surface area contributed by atoms with Crippen LogP contribution in [0.4, 0.5) is 5.82 Å². The molecule has 2 unspecified atom stereocenters. The number of hydrogen-bond donors (Lipinski definition) is 0. The molecular weight excluding hydrogens is 240 g/mol. The van der Waals surface area contributed by atoms with E-state index >= 15 is 0 Å². The van der Waals surface area contributed by atoms with Crippen molar-refractivity contribution in [1.82, 2.24) is 4.98 Å². The normalized spacial score (nSPS) is 25.8. The molecule has 1 fully saturated rings. The zero-order valence-corrected chi connectivity index (χ0v) is 11.3. The molecule has 88 valence electrons. The van der Waals surface area contributed by atoms with Gasteiger partial charge < -0.3 is 4.90 Å². The first-order valence-electron chi connectivity index (χ1n) is 5.60. The second-order valence-electron chi connectivity index (χ2n) is 4.32. The van der Waals surface area contributed by atoms with Crippen molar-refractivity contribution in [3.63, 3.8) is 0 Å². The molecule has 0 bridgehead atoms. The van der Waals surface area contributed by atoms with Gasteiger partial charge in [-0.2, -0.15) is 11.8 Å². The summed E-state index contributed by atoms with van der Waals surface area (Å²) < 4.78 is 0. The van der Waals surface area contributed by atoms with E-state index in [0.29, 0.717) is 16.4 Å². The average Bonchev–Trinajstić information content (AvgIpc) is 2.28. The van der Waals surface area contributed by atoms with E-state index in [9.17, 15) is 0 Å². The first-order chi connectivity index (χ1) is 7.69. The summed E-state index contributed by atoms with van der Waals surface area (Å²) in [4.78, 5) is 6.84. The molecule has 16 heavy (non-hydrogen) atoms. The van der Waals surface area contributed by atoms with Crippen LogP contribution in [0.5, 0.6) is 0 Å². The minimum Gasteiger partial charge on any atom is -0.354 e. The van der Waals surface area contributed by atoms with Crippen LogP contribution in [0.25, 0.3) is 0 Å². The molecule has 0 aromatic carbocycles. The first kappa shape index (κ1) is 12.1. The summed E-state index contributed by atoms with van der Waals surface area (Å²) in [6.45, 7) is 6.73. The summed E-state index contributed by atoms with van der Waals surface area (Å²) in [6.07, 6.45) is 1.87. The zero-order valence-electron chi connectivity index (χ0n) is 9.69. The van der Waals surface area contributed by atoms with Crippen molar-refractivity contribution < 1.29 is 0 Å². The van der Waals surface area contributed by atoms with Crippen LogP contribution in [-0.2, 0) is 5.88 Å². The van der Waals surface area contributed by atoms with Crippen LogP contribution in [0.2, 0.25) is 0 Å². The highest BCUT2D eigenvalue weighted by Crippen LogP contribution is 2.27. The number of nitrogens with zero attached hydrogens (tertiary/aromatic N) is 2. The van der Waals surface area contributed by atoms with Crippen molar-refractivity contribution in [3.8, 4) is 0 Å². The number of thioether (sulfide) groups is 1. The van der Waals surface area contributed by atoms with E-state index in [4.69, 9.17) is 11.6 Å². The molecule has 2 nitrogen and oxygen atoms in total. The molecule has 1 saturated heterocycles. The smallest absolute Gasteiger partial charge is 0.128 e. The molecule has 1 aromatic rings. The average molecular weight is 257 g/mol. The monoisotopic (exact) mass is 256 g/mol. The number of halogens is 1. The topological polar surface area (TPSA) is 16.1 Å². The van der Waals surface area contributed by atoms with E-state index in [1.54, 1.807) is 0 Å². The number of aromatic nitrogens is 1. The number of alkyl halides is 1. The van der Waals surface area contributed by atoms with Crippen molar-refractivity contribution in [2.75, 3.05) is 18.0 Å². The van der Waals surface area contributed by atoms with Gasteiger partial charge in [0.15, 0.2) is 0 Å². The van der Waals surface area contributed by atoms with Crippen LogP contribution in [0.3, 0.4) is 0 Å². The van der Waals surface area contributed by atoms with E-state index in [1.807, 2.05) is 6.20 Å². The molecule has 1 aliphatic heterocycles. The molecule has 0 spiro atoms. The molecule has 1 aromatic heterocycles. The van der Waals surface area contributed by atoms with Crippen LogP contribution in [0, 0.1) is 0 Å². The fourth-order valence-electron chi connectivity index (χ4n) is 2.05. The van der Waals surface area contributed by atoms with Crippen LogP contribution in [0.1, 0.15) is 19.4 Å². The zero-order chi connectivity index (χ0) is 11.5. The SMILES string of the molecule is CC1CN(c2ccc(CCl)cn2)CC(C)S1. The van der Waals surface area contributed by atoms with Crippen molar-refractivity contribution in [3.05, 3.63) is 23.9 Å². The molecule has 2 heterocycles. The quantitative estimate of drug-likeness (QED) is 0.757. The van der Waals surface area contributed by atoms with Crippen molar-refractivity contribution in [2.24, 2.45) is 0 Å². The standard InChI is InChI=1S/C12H17ClN2S/c1-9-7-15(8-10(2)16-9)12-4-3-11(5-13)6-14-12/h3-4,6,9-10H,5,7-8H2,1-2H3. The second-order valence-corrected chi connectivity index (χ2v) is 6.47. The van der Waals surface area contributed by atoms with Gasteiger partial charge in [0.1, 0.15) is 5.82 Å². The summed E-state index contributed by atoms with van der Waals surface area (Å²) in [6, 6.07) is 4.14. The Kier molecular flexibility index (Phi) is 3.98. The summed E-state index contributed by atoms with van der Waals surface area (Å²) >= 11 is 7.81.